The Hall–Kier alpha value is -1.00. The highest BCUT2D eigenvalue weighted by Gasteiger charge is 2.40. The highest BCUT2D eigenvalue weighted by atomic mass is 32.2. The summed E-state index contributed by atoms with van der Waals surface area (Å²) in [5.74, 6) is 1.89. The number of imidazole rings is 1. The third kappa shape index (κ3) is 1.53. The van der Waals surface area contributed by atoms with Crippen molar-refractivity contribution in [2.24, 2.45) is 0 Å². The fraction of sp³-hybridized carbons (Fsp3) is 0.417. The lowest BCUT2D eigenvalue weighted by atomic mass is 9.99. The van der Waals surface area contributed by atoms with Crippen LogP contribution in [0, 0.1) is 0 Å². The number of rotatable bonds is 1. The minimum atomic E-state index is -0.640. The van der Waals surface area contributed by atoms with Gasteiger partial charge in [0.15, 0.2) is 0 Å². The summed E-state index contributed by atoms with van der Waals surface area (Å²) in [6.45, 7) is 1.89. The predicted molar refractivity (Wildman–Crippen MR) is 66.5 cm³/mol. The van der Waals surface area contributed by atoms with Crippen LogP contribution < -0.4 is 0 Å². The second-order valence-electron chi connectivity index (χ2n) is 4.50. The summed E-state index contributed by atoms with van der Waals surface area (Å²) < 4.78 is 0. The van der Waals surface area contributed by atoms with Crippen LogP contribution in [0.1, 0.15) is 24.4 Å². The van der Waals surface area contributed by atoms with Gasteiger partial charge in [-0.3, -0.25) is 0 Å². The summed E-state index contributed by atoms with van der Waals surface area (Å²) in [6, 6.07) is 7.97. The monoisotopic (exact) mass is 234 g/mol. The van der Waals surface area contributed by atoms with Crippen LogP contribution in [0.3, 0.4) is 0 Å². The standard InChI is InChI=1S/C12H14N2OS/c1-12(15)6-7-16-10(12)11-13-8-4-2-3-5-9(8)14-11/h2-5,10,15H,6-7H2,1H3,(H,13,14)/t10-,12-/m0/s1. The number of para-hydroxylation sites is 2. The maximum atomic E-state index is 10.3. The van der Waals surface area contributed by atoms with Gasteiger partial charge in [0.2, 0.25) is 0 Å². The van der Waals surface area contributed by atoms with E-state index < -0.39 is 5.60 Å². The Labute approximate surface area is 98.3 Å². The highest BCUT2D eigenvalue weighted by Crippen LogP contribution is 2.46. The van der Waals surface area contributed by atoms with Gasteiger partial charge in [0, 0.05) is 0 Å². The summed E-state index contributed by atoms with van der Waals surface area (Å²) in [5, 5.41) is 10.3. The lowest BCUT2D eigenvalue weighted by Crippen LogP contribution is -2.26. The molecule has 1 fully saturated rings. The van der Waals surface area contributed by atoms with E-state index in [4.69, 9.17) is 0 Å². The maximum Gasteiger partial charge on any atom is 0.123 e. The van der Waals surface area contributed by atoms with Crippen LogP contribution in [-0.2, 0) is 0 Å². The van der Waals surface area contributed by atoms with E-state index in [1.807, 2.05) is 31.2 Å². The number of aromatic nitrogens is 2. The molecule has 2 N–H and O–H groups in total. The zero-order valence-corrected chi connectivity index (χ0v) is 9.92. The number of aromatic amines is 1. The SMILES string of the molecule is C[C@]1(O)CCS[C@H]1c1nc2ccccc2[nH]1. The summed E-state index contributed by atoms with van der Waals surface area (Å²) in [4.78, 5) is 7.86. The number of hydrogen-bond acceptors (Lipinski definition) is 3. The molecule has 0 aliphatic carbocycles. The van der Waals surface area contributed by atoms with Gasteiger partial charge in [0.1, 0.15) is 5.82 Å². The van der Waals surface area contributed by atoms with Crippen molar-refractivity contribution < 1.29 is 5.11 Å². The molecule has 1 aliphatic heterocycles. The van der Waals surface area contributed by atoms with Gasteiger partial charge in [-0.2, -0.15) is 0 Å². The Morgan fingerprint density at radius 2 is 2.31 bits per heavy atom. The molecular formula is C12H14N2OS. The molecule has 0 bridgehead atoms. The minimum absolute atomic E-state index is 0.0694. The number of aliphatic hydroxyl groups is 1. The van der Waals surface area contributed by atoms with E-state index in [-0.39, 0.29) is 5.25 Å². The van der Waals surface area contributed by atoms with Gasteiger partial charge in [-0.1, -0.05) is 12.1 Å². The Morgan fingerprint density at radius 3 is 3.00 bits per heavy atom. The topological polar surface area (TPSA) is 48.9 Å². The first-order valence-corrected chi connectivity index (χ1v) is 6.50. The molecule has 1 aliphatic rings. The van der Waals surface area contributed by atoms with E-state index in [0.717, 1.165) is 29.0 Å². The van der Waals surface area contributed by atoms with Gasteiger partial charge in [0.05, 0.1) is 21.9 Å². The predicted octanol–water partition coefficient (Wildman–Crippen LogP) is 2.49. The number of H-pyrrole nitrogens is 1. The number of hydrogen-bond donors (Lipinski definition) is 2. The molecule has 0 unspecified atom stereocenters. The van der Waals surface area contributed by atoms with Gasteiger partial charge < -0.3 is 10.1 Å². The maximum absolute atomic E-state index is 10.3. The summed E-state index contributed by atoms with van der Waals surface area (Å²) in [6.07, 6.45) is 0.833. The van der Waals surface area contributed by atoms with Crippen LogP contribution >= 0.6 is 11.8 Å². The van der Waals surface area contributed by atoms with Crippen molar-refractivity contribution in [1.29, 1.82) is 0 Å². The molecule has 1 saturated heterocycles. The first kappa shape index (κ1) is 10.2. The van der Waals surface area contributed by atoms with E-state index in [1.54, 1.807) is 11.8 Å². The first-order chi connectivity index (χ1) is 7.67. The molecule has 0 radical (unpaired) electrons. The molecule has 3 rings (SSSR count). The molecule has 1 aromatic heterocycles. The second-order valence-corrected chi connectivity index (χ2v) is 5.71. The molecule has 0 amide bonds. The van der Waals surface area contributed by atoms with Crippen LogP contribution in [0.15, 0.2) is 24.3 Å². The summed E-state index contributed by atoms with van der Waals surface area (Å²) in [5.41, 5.74) is 1.38. The first-order valence-electron chi connectivity index (χ1n) is 5.45. The molecule has 1 aromatic carbocycles. The quantitative estimate of drug-likeness (QED) is 0.797. The zero-order chi connectivity index (χ0) is 11.2. The van der Waals surface area contributed by atoms with E-state index in [2.05, 4.69) is 9.97 Å². The van der Waals surface area contributed by atoms with Gasteiger partial charge in [0.25, 0.3) is 0 Å². The number of fused-ring (bicyclic) bond motifs is 1. The Balaban J connectivity index is 2.06. The molecule has 16 heavy (non-hydrogen) atoms. The van der Waals surface area contributed by atoms with Crippen LogP contribution in [0.2, 0.25) is 0 Å². The average Bonchev–Trinajstić information content (AvgIpc) is 2.79. The average molecular weight is 234 g/mol. The van der Waals surface area contributed by atoms with E-state index >= 15 is 0 Å². The summed E-state index contributed by atoms with van der Waals surface area (Å²) >= 11 is 1.77. The molecule has 2 heterocycles. The van der Waals surface area contributed by atoms with Crippen LogP contribution in [0.4, 0.5) is 0 Å². The lowest BCUT2D eigenvalue weighted by Gasteiger charge is -2.22. The van der Waals surface area contributed by atoms with Gasteiger partial charge in [-0.25, -0.2) is 4.98 Å². The summed E-state index contributed by atoms with van der Waals surface area (Å²) in [7, 11) is 0. The van der Waals surface area contributed by atoms with Crippen molar-refractivity contribution >= 4 is 22.8 Å². The molecular weight excluding hydrogens is 220 g/mol. The molecule has 2 aromatic rings. The molecule has 4 heteroatoms. The molecule has 0 spiro atoms. The van der Waals surface area contributed by atoms with Gasteiger partial charge in [-0.05, 0) is 31.2 Å². The lowest BCUT2D eigenvalue weighted by molar-refractivity contribution is 0.0599. The number of nitrogens with zero attached hydrogens (tertiary/aromatic N) is 1. The van der Waals surface area contributed by atoms with Crippen molar-refractivity contribution in [3.05, 3.63) is 30.1 Å². The highest BCUT2D eigenvalue weighted by molar-refractivity contribution is 7.99. The minimum Gasteiger partial charge on any atom is -0.389 e. The Bertz CT molecular complexity index is 487. The van der Waals surface area contributed by atoms with Crippen LogP contribution in [0.5, 0.6) is 0 Å². The van der Waals surface area contributed by atoms with E-state index in [0.29, 0.717) is 0 Å². The van der Waals surface area contributed by atoms with Gasteiger partial charge in [-0.15, -0.1) is 11.8 Å². The van der Waals surface area contributed by atoms with Crippen molar-refractivity contribution in [3.8, 4) is 0 Å². The third-order valence-electron chi connectivity index (χ3n) is 3.11. The molecule has 3 nitrogen and oxygen atoms in total. The fourth-order valence-electron chi connectivity index (χ4n) is 2.16. The number of nitrogens with one attached hydrogen (secondary N) is 1. The fourth-order valence-corrected chi connectivity index (χ4v) is 3.68. The largest absolute Gasteiger partial charge is 0.389 e. The van der Waals surface area contributed by atoms with E-state index in [9.17, 15) is 5.11 Å². The van der Waals surface area contributed by atoms with E-state index in [1.165, 1.54) is 0 Å². The molecule has 84 valence electrons. The van der Waals surface area contributed by atoms with Gasteiger partial charge >= 0.3 is 0 Å². The van der Waals surface area contributed by atoms with Crippen molar-refractivity contribution in [2.45, 2.75) is 24.2 Å². The van der Waals surface area contributed by atoms with Crippen molar-refractivity contribution in [2.75, 3.05) is 5.75 Å². The smallest absolute Gasteiger partial charge is 0.123 e. The molecule has 0 saturated carbocycles. The van der Waals surface area contributed by atoms with Crippen molar-refractivity contribution in [3.63, 3.8) is 0 Å². The number of thioether (sulfide) groups is 1. The van der Waals surface area contributed by atoms with Crippen LogP contribution in [0.25, 0.3) is 11.0 Å². The second kappa shape index (κ2) is 3.50. The number of benzene rings is 1. The Morgan fingerprint density at radius 1 is 1.50 bits per heavy atom. The van der Waals surface area contributed by atoms with Crippen molar-refractivity contribution in [1.82, 2.24) is 9.97 Å². The van der Waals surface area contributed by atoms with Crippen LogP contribution in [-0.4, -0.2) is 26.4 Å². The molecule has 2 atom stereocenters. The Kier molecular flexibility index (Phi) is 2.23. The third-order valence-corrected chi connectivity index (χ3v) is 4.62. The normalized spacial score (nSPS) is 30.0. The zero-order valence-electron chi connectivity index (χ0n) is 9.10.